The molecule has 2 heterocycles. The van der Waals surface area contributed by atoms with Crippen molar-refractivity contribution in [3.8, 4) is 6.07 Å². The lowest BCUT2D eigenvalue weighted by Crippen LogP contribution is -2.29. The number of nitrogens with one attached hydrogen (secondary N) is 2. The molecule has 0 spiro atoms. The van der Waals surface area contributed by atoms with Crippen molar-refractivity contribution in [1.29, 1.82) is 5.26 Å². The van der Waals surface area contributed by atoms with Crippen molar-refractivity contribution in [2.45, 2.75) is 6.92 Å². The Morgan fingerprint density at radius 1 is 1.25 bits per heavy atom. The summed E-state index contributed by atoms with van der Waals surface area (Å²) in [6.45, 7) is 2.71. The Morgan fingerprint density at radius 3 is 2.88 bits per heavy atom. The largest absolute Gasteiger partial charge is 0.451 e. The number of para-hydroxylation sites is 1. The Labute approximate surface area is 139 Å². The van der Waals surface area contributed by atoms with Gasteiger partial charge in [-0.25, -0.2) is 4.98 Å². The van der Waals surface area contributed by atoms with Gasteiger partial charge in [-0.2, -0.15) is 5.26 Å². The Bertz CT molecular complexity index is 924. The third-order valence-electron chi connectivity index (χ3n) is 3.68. The minimum absolute atomic E-state index is 0.257. The maximum Gasteiger partial charge on any atom is 0.287 e. The minimum atomic E-state index is -0.257. The number of aryl methyl sites for hydroxylation is 1. The van der Waals surface area contributed by atoms with Crippen LogP contribution in [0.25, 0.3) is 11.0 Å². The van der Waals surface area contributed by atoms with E-state index < -0.39 is 0 Å². The van der Waals surface area contributed by atoms with Gasteiger partial charge >= 0.3 is 0 Å². The topological polar surface area (TPSA) is 91.0 Å². The molecule has 2 N–H and O–H groups in total. The van der Waals surface area contributed by atoms with E-state index in [1.165, 1.54) is 0 Å². The molecule has 0 aliphatic carbocycles. The lowest BCUT2D eigenvalue weighted by molar-refractivity contribution is 0.0929. The zero-order valence-electron chi connectivity index (χ0n) is 13.2. The van der Waals surface area contributed by atoms with Crippen molar-refractivity contribution in [3.05, 3.63) is 59.5 Å². The number of hydrogen-bond donors (Lipinski definition) is 2. The average molecular weight is 320 g/mol. The SMILES string of the molecule is Cc1c(C(=O)NCCNc2ncccc2C#N)oc2ccccc12. The fourth-order valence-electron chi connectivity index (χ4n) is 2.46. The molecule has 0 radical (unpaired) electrons. The average Bonchev–Trinajstić information content (AvgIpc) is 2.96. The highest BCUT2D eigenvalue weighted by atomic mass is 16.3. The first-order valence-electron chi connectivity index (χ1n) is 7.56. The lowest BCUT2D eigenvalue weighted by atomic mass is 10.1. The van der Waals surface area contributed by atoms with E-state index in [-0.39, 0.29) is 5.91 Å². The molecular formula is C18H16N4O2. The number of carbonyl (C=O) groups is 1. The van der Waals surface area contributed by atoms with E-state index in [1.54, 1.807) is 18.3 Å². The summed E-state index contributed by atoms with van der Waals surface area (Å²) in [5.41, 5.74) is 2.00. The monoisotopic (exact) mass is 320 g/mol. The van der Waals surface area contributed by atoms with Gasteiger partial charge in [0.25, 0.3) is 5.91 Å². The summed E-state index contributed by atoms with van der Waals surface area (Å²) < 4.78 is 5.62. The molecule has 3 aromatic rings. The molecule has 0 fully saturated rings. The van der Waals surface area contributed by atoms with Gasteiger partial charge in [-0.05, 0) is 25.1 Å². The van der Waals surface area contributed by atoms with Crippen LogP contribution in [0.15, 0.2) is 47.0 Å². The fourth-order valence-corrected chi connectivity index (χ4v) is 2.46. The smallest absolute Gasteiger partial charge is 0.287 e. The molecule has 6 nitrogen and oxygen atoms in total. The van der Waals surface area contributed by atoms with E-state index in [4.69, 9.17) is 9.68 Å². The number of furan rings is 1. The van der Waals surface area contributed by atoms with E-state index in [1.807, 2.05) is 31.2 Å². The van der Waals surface area contributed by atoms with Gasteiger partial charge in [0.1, 0.15) is 17.5 Å². The molecule has 0 atom stereocenters. The normalized spacial score (nSPS) is 10.3. The van der Waals surface area contributed by atoms with Gasteiger partial charge in [-0.3, -0.25) is 4.79 Å². The van der Waals surface area contributed by atoms with Crippen LogP contribution in [0.2, 0.25) is 0 Å². The van der Waals surface area contributed by atoms with Crippen LogP contribution in [0.1, 0.15) is 21.7 Å². The number of nitriles is 1. The molecule has 6 heteroatoms. The van der Waals surface area contributed by atoms with Crippen LogP contribution < -0.4 is 10.6 Å². The van der Waals surface area contributed by atoms with Crippen LogP contribution in [0.4, 0.5) is 5.82 Å². The van der Waals surface area contributed by atoms with Crippen molar-refractivity contribution in [3.63, 3.8) is 0 Å². The predicted octanol–water partition coefficient (Wildman–Crippen LogP) is 2.85. The molecule has 0 saturated carbocycles. The van der Waals surface area contributed by atoms with Crippen LogP contribution in [-0.2, 0) is 0 Å². The number of amides is 1. The second kappa shape index (κ2) is 6.84. The number of nitrogens with zero attached hydrogens (tertiary/aromatic N) is 2. The molecule has 0 unspecified atom stereocenters. The highest BCUT2D eigenvalue weighted by Crippen LogP contribution is 2.24. The first-order valence-corrected chi connectivity index (χ1v) is 7.56. The van der Waals surface area contributed by atoms with E-state index >= 15 is 0 Å². The molecule has 0 bridgehead atoms. The molecule has 1 amide bonds. The van der Waals surface area contributed by atoms with E-state index in [2.05, 4.69) is 21.7 Å². The Kier molecular flexibility index (Phi) is 4.43. The highest BCUT2D eigenvalue weighted by molar-refractivity contribution is 5.98. The predicted molar refractivity (Wildman–Crippen MR) is 90.7 cm³/mol. The zero-order chi connectivity index (χ0) is 16.9. The third-order valence-corrected chi connectivity index (χ3v) is 3.68. The molecule has 0 saturated heterocycles. The standard InChI is InChI=1S/C18H16N4O2/c1-12-14-6-2-3-7-15(14)24-16(12)18(23)22-10-9-21-17-13(11-19)5-4-8-20-17/h2-8H,9-10H2,1H3,(H,20,21)(H,22,23). The summed E-state index contributed by atoms with van der Waals surface area (Å²) in [4.78, 5) is 16.4. The van der Waals surface area contributed by atoms with Crippen LogP contribution in [-0.4, -0.2) is 24.0 Å². The van der Waals surface area contributed by atoms with Crippen molar-refractivity contribution < 1.29 is 9.21 Å². The fraction of sp³-hybridized carbons (Fsp3) is 0.167. The molecule has 3 rings (SSSR count). The number of benzene rings is 1. The van der Waals surface area contributed by atoms with Crippen LogP contribution >= 0.6 is 0 Å². The van der Waals surface area contributed by atoms with Crippen LogP contribution in [0.3, 0.4) is 0 Å². The Hall–Kier alpha value is -3.33. The number of hydrogen-bond acceptors (Lipinski definition) is 5. The van der Waals surface area contributed by atoms with E-state index in [0.717, 1.165) is 10.9 Å². The Balaban J connectivity index is 1.59. The summed E-state index contributed by atoms with van der Waals surface area (Å²) in [5, 5.41) is 15.8. The van der Waals surface area contributed by atoms with Gasteiger partial charge in [0.15, 0.2) is 5.76 Å². The molecule has 1 aromatic carbocycles. The van der Waals surface area contributed by atoms with Crippen LogP contribution in [0.5, 0.6) is 0 Å². The second-order valence-electron chi connectivity index (χ2n) is 5.25. The van der Waals surface area contributed by atoms with Gasteiger partial charge in [-0.1, -0.05) is 18.2 Å². The third kappa shape index (κ3) is 3.06. The zero-order valence-corrected chi connectivity index (χ0v) is 13.2. The van der Waals surface area contributed by atoms with Crippen LogP contribution in [0, 0.1) is 18.3 Å². The maximum absolute atomic E-state index is 12.3. The number of carbonyl (C=O) groups excluding carboxylic acids is 1. The molecule has 24 heavy (non-hydrogen) atoms. The summed E-state index contributed by atoms with van der Waals surface area (Å²) in [6.07, 6.45) is 1.61. The van der Waals surface area contributed by atoms with Crippen molar-refractivity contribution >= 4 is 22.7 Å². The first-order chi connectivity index (χ1) is 11.7. The molecule has 0 aliphatic heterocycles. The first kappa shape index (κ1) is 15.6. The summed E-state index contributed by atoms with van der Waals surface area (Å²) in [7, 11) is 0. The lowest BCUT2D eigenvalue weighted by Gasteiger charge is -2.07. The maximum atomic E-state index is 12.3. The number of fused-ring (bicyclic) bond motifs is 1. The minimum Gasteiger partial charge on any atom is -0.451 e. The summed E-state index contributed by atoms with van der Waals surface area (Å²) >= 11 is 0. The summed E-state index contributed by atoms with van der Waals surface area (Å²) in [6, 6.07) is 13.0. The van der Waals surface area contributed by atoms with E-state index in [9.17, 15) is 4.79 Å². The Morgan fingerprint density at radius 2 is 2.08 bits per heavy atom. The van der Waals surface area contributed by atoms with Gasteiger partial charge in [0, 0.05) is 30.2 Å². The van der Waals surface area contributed by atoms with Gasteiger partial charge in [0.2, 0.25) is 0 Å². The van der Waals surface area contributed by atoms with Gasteiger partial charge in [-0.15, -0.1) is 0 Å². The van der Waals surface area contributed by atoms with Gasteiger partial charge in [0.05, 0.1) is 5.56 Å². The van der Waals surface area contributed by atoms with E-state index in [0.29, 0.717) is 35.8 Å². The molecule has 0 aliphatic rings. The number of rotatable bonds is 5. The van der Waals surface area contributed by atoms with Crippen molar-refractivity contribution in [1.82, 2.24) is 10.3 Å². The van der Waals surface area contributed by atoms with Crippen molar-refractivity contribution in [2.75, 3.05) is 18.4 Å². The molecule has 120 valence electrons. The quantitative estimate of drug-likeness (QED) is 0.705. The number of anilines is 1. The van der Waals surface area contributed by atoms with Gasteiger partial charge < -0.3 is 15.1 Å². The number of aromatic nitrogens is 1. The molecular weight excluding hydrogens is 304 g/mol. The van der Waals surface area contributed by atoms with Crippen molar-refractivity contribution in [2.24, 2.45) is 0 Å². The second-order valence-corrected chi connectivity index (χ2v) is 5.25. The molecule has 2 aromatic heterocycles. The summed E-state index contributed by atoms with van der Waals surface area (Å²) in [5.74, 6) is 0.577. The number of pyridine rings is 1. The highest BCUT2D eigenvalue weighted by Gasteiger charge is 2.16.